The lowest BCUT2D eigenvalue weighted by atomic mass is 10.5. The van der Waals surface area contributed by atoms with Crippen molar-refractivity contribution < 1.29 is 9.53 Å². The summed E-state index contributed by atoms with van der Waals surface area (Å²) in [6, 6.07) is 0. The van der Waals surface area contributed by atoms with E-state index < -0.39 is 0 Å². The number of hydrogen-bond acceptors (Lipinski definition) is 3. The summed E-state index contributed by atoms with van der Waals surface area (Å²) in [5.74, 6) is -0.242. The number of rotatable bonds is 4. The van der Waals surface area contributed by atoms with Crippen LogP contribution >= 0.6 is 9.39 Å². The van der Waals surface area contributed by atoms with Crippen molar-refractivity contribution in [1.82, 2.24) is 5.09 Å². The minimum absolute atomic E-state index is 0.238. The lowest BCUT2D eigenvalue weighted by Gasteiger charge is -1.98. The lowest BCUT2D eigenvalue weighted by molar-refractivity contribution is -0.140. The van der Waals surface area contributed by atoms with Crippen LogP contribution in [0.5, 0.6) is 0 Å². The first-order valence-electron chi connectivity index (χ1n) is 3.01. The zero-order chi connectivity index (χ0) is 7.82. The molecule has 1 N–H and O–H groups in total. The summed E-state index contributed by atoms with van der Waals surface area (Å²) in [4.78, 5) is 10.6. The third kappa shape index (κ3) is 5.73. The second kappa shape index (κ2) is 6.72. The van der Waals surface area contributed by atoms with Gasteiger partial charge in [0.15, 0.2) is 0 Å². The first kappa shape index (κ1) is 9.60. The molecule has 3 nitrogen and oxygen atoms in total. The second-order valence-electron chi connectivity index (χ2n) is 1.63. The van der Waals surface area contributed by atoms with E-state index in [0.717, 1.165) is 0 Å². The average molecular weight is 161 g/mol. The van der Waals surface area contributed by atoms with E-state index in [0.29, 0.717) is 6.61 Å². The number of allylic oxidation sites excluding steroid dienone is 1. The zero-order valence-corrected chi connectivity index (χ0v) is 7.12. The first-order valence-corrected chi connectivity index (χ1v) is 3.59. The van der Waals surface area contributed by atoms with Gasteiger partial charge < -0.3 is 4.74 Å². The van der Waals surface area contributed by atoms with Crippen molar-refractivity contribution in [1.29, 1.82) is 0 Å². The van der Waals surface area contributed by atoms with Gasteiger partial charge in [-0.15, -0.1) is 0 Å². The molecule has 58 valence electrons. The van der Waals surface area contributed by atoms with Gasteiger partial charge in [-0.1, -0.05) is 21.5 Å². The molecule has 0 aromatic carbocycles. The minimum Gasteiger partial charge on any atom is -0.460 e. The molecule has 0 saturated carbocycles. The summed E-state index contributed by atoms with van der Waals surface area (Å²) in [6.45, 7) is 2.48. The molecule has 4 heteroatoms. The molecule has 0 saturated heterocycles. The van der Waals surface area contributed by atoms with E-state index >= 15 is 0 Å². The van der Waals surface area contributed by atoms with Gasteiger partial charge >= 0.3 is 5.97 Å². The molecule has 0 bridgehead atoms. The SMILES string of the molecule is C/C=C\COC(=O)CNP. The molecule has 0 aromatic rings. The van der Waals surface area contributed by atoms with Gasteiger partial charge in [0.2, 0.25) is 0 Å². The van der Waals surface area contributed by atoms with Gasteiger partial charge in [-0.3, -0.25) is 9.88 Å². The van der Waals surface area contributed by atoms with Crippen LogP contribution in [0.4, 0.5) is 0 Å². The third-order valence-electron chi connectivity index (χ3n) is 0.823. The van der Waals surface area contributed by atoms with Crippen LogP contribution in [-0.2, 0) is 9.53 Å². The summed E-state index contributed by atoms with van der Waals surface area (Å²) in [5.41, 5.74) is 0. The molecular weight excluding hydrogens is 149 g/mol. The molecule has 0 spiro atoms. The Hall–Kier alpha value is -0.400. The summed E-state index contributed by atoms with van der Waals surface area (Å²) in [7, 11) is 2.23. The van der Waals surface area contributed by atoms with Gasteiger partial charge in [-0.05, 0) is 6.92 Å². The van der Waals surface area contributed by atoms with Gasteiger partial charge in [0.25, 0.3) is 0 Å². The molecular formula is C6H12NO2P. The highest BCUT2D eigenvalue weighted by atomic mass is 31.0. The fraction of sp³-hybridized carbons (Fsp3) is 0.500. The Labute approximate surface area is 63.1 Å². The highest BCUT2D eigenvalue weighted by molar-refractivity contribution is 7.13. The van der Waals surface area contributed by atoms with Crippen molar-refractivity contribution in [3.05, 3.63) is 12.2 Å². The Morgan fingerprint density at radius 3 is 3.00 bits per heavy atom. The molecule has 0 radical (unpaired) electrons. The maximum absolute atomic E-state index is 10.6. The van der Waals surface area contributed by atoms with Crippen LogP contribution in [0.25, 0.3) is 0 Å². The molecule has 0 aliphatic carbocycles. The first-order chi connectivity index (χ1) is 4.81. The number of nitrogens with one attached hydrogen (secondary N) is 1. The van der Waals surface area contributed by atoms with Crippen LogP contribution in [0.1, 0.15) is 6.92 Å². The van der Waals surface area contributed by atoms with Crippen LogP contribution in [0, 0.1) is 0 Å². The van der Waals surface area contributed by atoms with Crippen LogP contribution in [-0.4, -0.2) is 19.1 Å². The van der Waals surface area contributed by atoms with E-state index in [1.165, 1.54) is 0 Å². The van der Waals surface area contributed by atoms with Crippen molar-refractivity contribution in [2.45, 2.75) is 6.92 Å². The largest absolute Gasteiger partial charge is 0.460 e. The molecule has 0 aliphatic heterocycles. The fourth-order valence-corrected chi connectivity index (χ4v) is 0.538. The van der Waals surface area contributed by atoms with Crippen molar-refractivity contribution in [2.24, 2.45) is 0 Å². The smallest absolute Gasteiger partial charge is 0.320 e. The normalized spacial score (nSPS) is 10.2. The Balaban J connectivity index is 3.21. The molecule has 0 rings (SSSR count). The van der Waals surface area contributed by atoms with Crippen LogP contribution in [0.2, 0.25) is 0 Å². The maximum atomic E-state index is 10.6. The summed E-state index contributed by atoms with van der Waals surface area (Å²) >= 11 is 0. The highest BCUT2D eigenvalue weighted by Gasteiger charge is 1.95. The number of hydrogen-bond donors (Lipinski definition) is 1. The Kier molecular flexibility index (Phi) is 6.45. The second-order valence-corrected chi connectivity index (χ2v) is 2.04. The minimum atomic E-state index is -0.242. The van der Waals surface area contributed by atoms with E-state index in [4.69, 9.17) is 4.74 Å². The standard InChI is InChI=1S/C6H12NO2P/c1-2-3-4-9-6(8)5-7-10/h2-3,7H,4-5,10H2,1H3/b3-2-. The van der Waals surface area contributed by atoms with Gasteiger partial charge in [0, 0.05) is 0 Å². The number of carbonyl (C=O) groups excluding carboxylic acids is 1. The molecule has 0 aliphatic rings. The predicted octanol–water partition coefficient (Wildman–Crippen LogP) is 0.485. The molecule has 1 unspecified atom stereocenters. The van der Waals surface area contributed by atoms with E-state index in [9.17, 15) is 4.79 Å². The predicted molar refractivity (Wildman–Crippen MR) is 43.5 cm³/mol. The number of ether oxygens (including phenoxy) is 1. The number of esters is 1. The highest BCUT2D eigenvalue weighted by Crippen LogP contribution is 1.80. The molecule has 10 heavy (non-hydrogen) atoms. The van der Waals surface area contributed by atoms with Gasteiger partial charge in [0.1, 0.15) is 6.61 Å². The van der Waals surface area contributed by atoms with Gasteiger partial charge in [-0.25, -0.2) is 0 Å². The van der Waals surface area contributed by atoms with E-state index in [-0.39, 0.29) is 12.5 Å². The summed E-state index contributed by atoms with van der Waals surface area (Å²) in [5, 5.41) is 2.61. The van der Waals surface area contributed by atoms with Crippen LogP contribution in [0.15, 0.2) is 12.2 Å². The fourth-order valence-electron chi connectivity index (χ4n) is 0.372. The van der Waals surface area contributed by atoms with Crippen LogP contribution < -0.4 is 5.09 Å². The molecule has 0 fully saturated rings. The van der Waals surface area contributed by atoms with Gasteiger partial charge in [-0.2, -0.15) is 0 Å². The topological polar surface area (TPSA) is 38.3 Å². The van der Waals surface area contributed by atoms with E-state index in [1.807, 2.05) is 13.0 Å². The maximum Gasteiger partial charge on any atom is 0.320 e. The zero-order valence-electron chi connectivity index (χ0n) is 5.96. The van der Waals surface area contributed by atoms with Crippen molar-refractivity contribution >= 4 is 15.4 Å². The number of carbonyl (C=O) groups is 1. The van der Waals surface area contributed by atoms with Crippen LogP contribution in [0.3, 0.4) is 0 Å². The molecule has 0 amide bonds. The van der Waals surface area contributed by atoms with Crippen molar-refractivity contribution in [2.75, 3.05) is 13.2 Å². The van der Waals surface area contributed by atoms with E-state index in [1.54, 1.807) is 6.08 Å². The Morgan fingerprint density at radius 2 is 2.50 bits per heavy atom. The van der Waals surface area contributed by atoms with Crippen molar-refractivity contribution in [3.63, 3.8) is 0 Å². The van der Waals surface area contributed by atoms with E-state index in [2.05, 4.69) is 14.5 Å². The Morgan fingerprint density at radius 1 is 1.80 bits per heavy atom. The third-order valence-corrected chi connectivity index (χ3v) is 1.03. The quantitative estimate of drug-likeness (QED) is 0.370. The molecule has 1 atom stereocenters. The van der Waals surface area contributed by atoms with Crippen molar-refractivity contribution in [3.8, 4) is 0 Å². The molecule has 0 aromatic heterocycles. The average Bonchev–Trinajstić information content (AvgIpc) is 1.89. The Bertz CT molecular complexity index is 125. The van der Waals surface area contributed by atoms with Gasteiger partial charge in [0.05, 0.1) is 6.54 Å². The lowest BCUT2D eigenvalue weighted by Crippen LogP contribution is -2.16. The monoisotopic (exact) mass is 161 g/mol. The molecule has 0 heterocycles. The summed E-state index contributed by atoms with van der Waals surface area (Å²) < 4.78 is 4.72. The summed E-state index contributed by atoms with van der Waals surface area (Å²) in [6.07, 6.45) is 3.61.